The van der Waals surface area contributed by atoms with E-state index >= 15 is 0 Å². The zero-order valence-electron chi connectivity index (χ0n) is 11.1. The Morgan fingerprint density at radius 2 is 1.81 bits per heavy atom. The van der Waals surface area contributed by atoms with E-state index in [1.54, 1.807) is 42.5 Å². The summed E-state index contributed by atoms with van der Waals surface area (Å²) >= 11 is 11.9. The van der Waals surface area contributed by atoms with Crippen molar-refractivity contribution in [3.05, 3.63) is 63.6 Å². The Balaban J connectivity index is 2.16. The largest absolute Gasteiger partial charge is 0.465 e. The van der Waals surface area contributed by atoms with Gasteiger partial charge in [-0.1, -0.05) is 35.3 Å². The maximum Gasteiger partial charge on any atom is 0.337 e. The summed E-state index contributed by atoms with van der Waals surface area (Å²) in [6, 6.07) is 11.6. The van der Waals surface area contributed by atoms with Crippen LogP contribution in [-0.4, -0.2) is 17.3 Å². The van der Waals surface area contributed by atoms with Crippen LogP contribution in [0.5, 0.6) is 0 Å². The van der Waals surface area contributed by atoms with E-state index in [1.165, 1.54) is 7.11 Å². The third-order valence-electron chi connectivity index (χ3n) is 2.81. The van der Waals surface area contributed by atoms with Gasteiger partial charge in [-0.15, -0.1) is 0 Å². The van der Waals surface area contributed by atoms with Crippen molar-refractivity contribution in [3.8, 4) is 0 Å². The summed E-state index contributed by atoms with van der Waals surface area (Å²) in [4.78, 5) is 11.8. The number of carbonyl (C=O) groups excluding carboxylic acids is 1. The van der Waals surface area contributed by atoms with Crippen LogP contribution in [0.25, 0.3) is 0 Å². The van der Waals surface area contributed by atoms with Crippen LogP contribution in [-0.2, 0) is 21.3 Å². The van der Waals surface area contributed by atoms with Crippen molar-refractivity contribution in [1.29, 1.82) is 0 Å². The molecular weight excluding hydrogens is 331 g/mol. The topological polar surface area (TPSA) is 43.4 Å². The number of benzene rings is 2. The van der Waals surface area contributed by atoms with Gasteiger partial charge in [0.15, 0.2) is 0 Å². The lowest BCUT2D eigenvalue weighted by molar-refractivity contribution is 0.0600. The van der Waals surface area contributed by atoms with Crippen molar-refractivity contribution < 1.29 is 13.7 Å². The lowest BCUT2D eigenvalue weighted by atomic mass is 10.1. The van der Waals surface area contributed by atoms with E-state index in [0.29, 0.717) is 26.3 Å². The van der Waals surface area contributed by atoms with Crippen molar-refractivity contribution >= 4 is 40.0 Å². The summed E-state index contributed by atoms with van der Waals surface area (Å²) in [6.45, 7) is 0. The maximum absolute atomic E-state index is 12.3. The number of hydrogen-bond acceptors (Lipinski definition) is 3. The molecule has 2 rings (SSSR count). The molecule has 2 aromatic carbocycles. The van der Waals surface area contributed by atoms with Gasteiger partial charge in [0.2, 0.25) is 0 Å². The zero-order chi connectivity index (χ0) is 15.4. The minimum absolute atomic E-state index is 0.293. The van der Waals surface area contributed by atoms with Gasteiger partial charge in [-0.3, -0.25) is 4.21 Å². The molecule has 1 unspecified atom stereocenters. The molecule has 0 spiro atoms. The van der Waals surface area contributed by atoms with Crippen LogP contribution in [0.1, 0.15) is 15.9 Å². The Labute approximate surface area is 135 Å². The van der Waals surface area contributed by atoms with Crippen LogP contribution in [0, 0.1) is 0 Å². The molecule has 0 saturated carbocycles. The number of halogens is 2. The van der Waals surface area contributed by atoms with E-state index in [1.807, 2.05) is 0 Å². The normalized spacial score (nSPS) is 12.0. The second-order valence-corrected chi connectivity index (χ2v) is 6.52. The molecule has 0 aliphatic carbocycles. The molecule has 0 heterocycles. The lowest BCUT2D eigenvalue weighted by Gasteiger charge is -2.06. The number of methoxy groups -OCH3 is 1. The second kappa shape index (κ2) is 7.07. The first-order valence-corrected chi connectivity index (χ1v) is 8.09. The predicted molar refractivity (Wildman–Crippen MR) is 84.4 cm³/mol. The van der Waals surface area contributed by atoms with Gasteiger partial charge < -0.3 is 4.74 Å². The summed E-state index contributed by atoms with van der Waals surface area (Å²) in [5.74, 6) is -0.109. The Bertz CT molecular complexity index is 684. The molecule has 0 aromatic heterocycles. The number of rotatable bonds is 4. The fraction of sp³-hybridized carbons (Fsp3) is 0.133. The molecule has 0 aliphatic rings. The van der Waals surface area contributed by atoms with Gasteiger partial charge in [-0.05, 0) is 35.9 Å². The van der Waals surface area contributed by atoms with Crippen LogP contribution in [0.4, 0.5) is 0 Å². The molecule has 0 fully saturated rings. The molecule has 0 radical (unpaired) electrons. The van der Waals surface area contributed by atoms with Gasteiger partial charge >= 0.3 is 5.97 Å². The number of ether oxygens (including phenoxy) is 1. The molecule has 21 heavy (non-hydrogen) atoms. The van der Waals surface area contributed by atoms with E-state index in [0.717, 1.165) is 5.56 Å². The molecule has 0 aliphatic heterocycles. The molecule has 0 bridgehead atoms. The first kappa shape index (κ1) is 16.0. The molecule has 0 saturated heterocycles. The van der Waals surface area contributed by atoms with E-state index in [-0.39, 0.29) is 0 Å². The summed E-state index contributed by atoms with van der Waals surface area (Å²) in [7, 11) is 0.0179. The minimum Gasteiger partial charge on any atom is -0.465 e. The van der Waals surface area contributed by atoms with Crippen molar-refractivity contribution in [2.75, 3.05) is 7.11 Å². The van der Waals surface area contributed by atoms with Gasteiger partial charge in [-0.2, -0.15) is 0 Å². The van der Waals surface area contributed by atoms with E-state index in [4.69, 9.17) is 23.2 Å². The van der Waals surface area contributed by atoms with Crippen LogP contribution in [0.2, 0.25) is 10.0 Å². The third kappa shape index (κ3) is 4.06. The number of carbonyl (C=O) groups is 1. The number of esters is 1. The van der Waals surface area contributed by atoms with Crippen LogP contribution in [0.3, 0.4) is 0 Å². The second-order valence-electron chi connectivity index (χ2n) is 4.25. The van der Waals surface area contributed by atoms with Crippen LogP contribution in [0.15, 0.2) is 47.4 Å². The van der Waals surface area contributed by atoms with Crippen molar-refractivity contribution in [2.24, 2.45) is 0 Å². The van der Waals surface area contributed by atoms with Gasteiger partial charge in [0.05, 0.1) is 39.1 Å². The van der Waals surface area contributed by atoms with E-state index in [2.05, 4.69) is 4.74 Å². The molecule has 1 atom stereocenters. The zero-order valence-corrected chi connectivity index (χ0v) is 13.5. The maximum atomic E-state index is 12.3. The minimum atomic E-state index is -1.31. The highest BCUT2D eigenvalue weighted by molar-refractivity contribution is 7.84. The van der Waals surface area contributed by atoms with Crippen molar-refractivity contribution in [2.45, 2.75) is 10.6 Å². The molecule has 3 nitrogen and oxygen atoms in total. The van der Waals surface area contributed by atoms with E-state index in [9.17, 15) is 9.00 Å². The van der Waals surface area contributed by atoms with Crippen molar-refractivity contribution in [3.63, 3.8) is 0 Å². The van der Waals surface area contributed by atoms with Gasteiger partial charge in [0, 0.05) is 5.02 Å². The molecule has 0 N–H and O–H groups in total. The predicted octanol–water partition coefficient (Wildman–Crippen LogP) is 4.09. The highest BCUT2D eigenvalue weighted by Crippen LogP contribution is 2.25. The fourth-order valence-electron chi connectivity index (χ4n) is 1.74. The average Bonchev–Trinajstić information content (AvgIpc) is 2.49. The summed E-state index contributed by atoms with van der Waals surface area (Å²) < 4.78 is 17.0. The summed E-state index contributed by atoms with van der Waals surface area (Å²) in [5.41, 5.74) is 1.28. The Morgan fingerprint density at radius 1 is 1.14 bits per heavy atom. The Kier molecular flexibility index (Phi) is 5.39. The average molecular weight is 343 g/mol. The van der Waals surface area contributed by atoms with Gasteiger partial charge in [0.1, 0.15) is 0 Å². The van der Waals surface area contributed by atoms with Gasteiger partial charge in [-0.25, -0.2) is 4.79 Å². The Morgan fingerprint density at radius 3 is 2.43 bits per heavy atom. The van der Waals surface area contributed by atoms with Gasteiger partial charge in [0.25, 0.3) is 0 Å². The van der Waals surface area contributed by atoms with Crippen LogP contribution >= 0.6 is 23.2 Å². The third-order valence-corrected chi connectivity index (χ3v) is 4.91. The molecule has 6 heteroatoms. The monoisotopic (exact) mass is 342 g/mol. The smallest absolute Gasteiger partial charge is 0.337 e. The lowest BCUT2D eigenvalue weighted by Crippen LogP contribution is -2.02. The molecule has 0 amide bonds. The molecular formula is C15H12Cl2O3S. The quantitative estimate of drug-likeness (QED) is 0.786. The molecule has 2 aromatic rings. The first-order valence-electron chi connectivity index (χ1n) is 6.02. The standard InChI is InChI=1S/C15H12Cl2O3S/c1-20-15(18)11-4-2-10(3-5-11)9-21(19)14-8-12(16)6-7-13(14)17/h2-8H,9H2,1H3. The molecule has 110 valence electrons. The Hall–Kier alpha value is -1.36. The number of hydrogen-bond donors (Lipinski definition) is 0. The van der Waals surface area contributed by atoms with Crippen LogP contribution < -0.4 is 0 Å². The fourth-order valence-corrected chi connectivity index (χ4v) is 3.54. The van der Waals surface area contributed by atoms with Crippen molar-refractivity contribution in [1.82, 2.24) is 0 Å². The highest BCUT2D eigenvalue weighted by atomic mass is 35.5. The van der Waals surface area contributed by atoms with E-state index < -0.39 is 16.8 Å². The highest BCUT2D eigenvalue weighted by Gasteiger charge is 2.11. The SMILES string of the molecule is COC(=O)c1ccc(CS(=O)c2cc(Cl)ccc2Cl)cc1. The summed E-state index contributed by atoms with van der Waals surface area (Å²) in [6.07, 6.45) is 0. The summed E-state index contributed by atoms with van der Waals surface area (Å²) in [5, 5.41) is 0.910. The first-order chi connectivity index (χ1) is 10.0.